The highest BCUT2D eigenvalue weighted by atomic mass is 31.2. The third-order valence-electron chi connectivity index (χ3n) is 12.6. The van der Waals surface area contributed by atoms with Crippen LogP contribution in [0.15, 0.2) is 24.3 Å². The second-order valence-corrected chi connectivity index (χ2v) is 21.1. The predicted octanol–water partition coefficient (Wildman–Crippen LogP) is 6.11. The van der Waals surface area contributed by atoms with E-state index in [0.717, 1.165) is 44.6 Å². The van der Waals surface area contributed by atoms with E-state index in [1.54, 1.807) is 6.08 Å². The molecule has 10 N–H and O–H groups in total. The highest BCUT2D eigenvalue weighted by Crippen LogP contribution is 2.50. The van der Waals surface area contributed by atoms with E-state index in [1.807, 2.05) is 6.92 Å². The lowest BCUT2D eigenvalue weighted by Crippen LogP contribution is -2.56. The summed E-state index contributed by atoms with van der Waals surface area (Å²) < 4.78 is 52.2. The van der Waals surface area contributed by atoms with Crippen molar-refractivity contribution in [2.45, 2.75) is 235 Å². The largest absolute Gasteiger partial charge is 0.472 e. The number of allylic oxidation sites excluding steroid dienone is 2. The van der Waals surface area contributed by atoms with Gasteiger partial charge in [0.1, 0.15) is 31.0 Å². The Kier molecular flexibility index (Phi) is 31.9. The first-order valence-corrected chi connectivity index (χ1v) is 28.2. The summed E-state index contributed by atoms with van der Waals surface area (Å²) in [6.45, 7) is 2.59. The highest BCUT2D eigenvalue weighted by molar-refractivity contribution is 7.47. The minimum Gasteiger partial charge on any atom is -0.462 e. The molecule has 1 aliphatic heterocycles. The average Bonchev–Trinajstić information content (AvgIpc) is 3.28. The van der Waals surface area contributed by atoms with E-state index in [1.165, 1.54) is 76.4 Å². The summed E-state index contributed by atoms with van der Waals surface area (Å²) in [4.78, 5) is 56.7. The molecule has 0 saturated heterocycles. The minimum absolute atomic E-state index is 0.0608. The monoisotopic (exact) mass is 1020 g/mol. The van der Waals surface area contributed by atoms with Crippen molar-refractivity contribution in [3.63, 3.8) is 0 Å². The number of rotatable bonds is 26. The quantitative estimate of drug-likeness (QED) is 0.0202. The Balaban J connectivity index is 2.28. The molecule has 1 saturated carbocycles. The number of fused-ring (bicyclic) bond motifs is 4. The molecule has 0 aromatic carbocycles. The molecular weight excluding hydrogens is 930 g/mol. The summed E-state index contributed by atoms with van der Waals surface area (Å²) in [7, 11) is -11.4. The molecule has 0 aromatic rings. The number of ether oxygens (including phenoxy) is 2. The molecule has 2 rings (SSSR count). The summed E-state index contributed by atoms with van der Waals surface area (Å²) in [6, 6.07) is 0. The number of phosphoric ester groups is 2. The highest BCUT2D eigenvalue weighted by Gasteiger charge is 2.51. The number of carbonyl (C=O) groups excluding carboxylic acids is 2. The van der Waals surface area contributed by atoms with Crippen molar-refractivity contribution in [3.8, 4) is 0 Å². The summed E-state index contributed by atoms with van der Waals surface area (Å²) in [5, 5.41) is 79.6. The Bertz CT molecular complexity index is 1530. The van der Waals surface area contributed by atoms with Gasteiger partial charge in [-0.1, -0.05) is 147 Å². The van der Waals surface area contributed by atoms with E-state index in [4.69, 9.17) is 23.0 Å². The lowest BCUT2D eigenvalue weighted by Gasteiger charge is -2.38. The third-order valence-corrected chi connectivity index (χ3v) is 14.1. The number of hydrogen-bond acceptors (Lipinski definition) is 16. The molecular formula is C47H86O19P2. The Morgan fingerprint density at radius 1 is 0.809 bits per heavy atom. The van der Waals surface area contributed by atoms with Crippen molar-refractivity contribution in [1.82, 2.24) is 0 Å². The second kappa shape index (κ2) is 34.7. The average molecular weight is 1020 g/mol. The third kappa shape index (κ3) is 26.2. The molecule has 1 heterocycles. The molecule has 19 nitrogen and oxygen atoms in total. The van der Waals surface area contributed by atoms with Gasteiger partial charge in [-0.2, -0.15) is 0 Å². The lowest BCUT2D eigenvalue weighted by atomic mass is 9.83. The van der Waals surface area contributed by atoms with Crippen LogP contribution in [0, 0.1) is 11.8 Å². The fraction of sp³-hybridized carbons (Fsp3) is 0.872. The molecule has 1 unspecified atom stereocenters. The molecule has 0 amide bonds. The molecule has 0 radical (unpaired) electrons. The summed E-state index contributed by atoms with van der Waals surface area (Å²) in [5.41, 5.74) is 0. The van der Waals surface area contributed by atoms with Gasteiger partial charge in [0, 0.05) is 31.1 Å². The smallest absolute Gasteiger partial charge is 0.462 e. The van der Waals surface area contributed by atoms with Crippen molar-refractivity contribution in [1.29, 1.82) is 0 Å². The zero-order valence-corrected chi connectivity index (χ0v) is 42.2. The Morgan fingerprint density at radius 3 is 1.97 bits per heavy atom. The maximum absolute atomic E-state index is 13.7. The Labute approximate surface area is 403 Å². The van der Waals surface area contributed by atoms with E-state index >= 15 is 0 Å². The van der Waals surface area contributed by atoms with Crippen molar-refractivity contribution >= 4 is 27.6 Å². The fourth-order valence-electron chi connectivity index (χ4n) is 8.55. The van der Waals surface area contributed by atoms with Gasteiger partial charge in [-0.25, -0.2) is 9.13 Å². The molecule has 21 heteroatoms. The van der Waals surface area contributed by atoms with Crippen LogP contribution < -0.4 is 0 Å². The Hall–Kier alpha value is -1.64. The lowest BCUT2D eigenvalue weighted by molar-refractivity contribution is -0.165. The number of aliphatic hydroxyl groups is 7. The maximum Gasteiger partial charge on any atom is 0.472 e. The van der Waals surface area contributed by atoms with Crippen LogP contribution in [-0.4, -0.2) is 137 Å². The van der Waals surface area contributed by atoms with Crippen LogP contribution in [0.5, 0.6) is 0 Å². The number of phosphoric acid groups is 2. The van der Waals surface area contributed by atoms with E-state index in [0.29, 0.717) is 12.8 Å². The van der Waals surface area contributed by atoms with Crippen molar-refractivity contribution in [2.75, 3.05) is 13.2 Å². The van der Waals surface area contributed by atoms with Gasteiger partial charge in [0.15, 0.2) is 6.10 Å². The molecule has 13 atom stereocenters. The SMILES string of the molecule is CCCCCCCCCCCCCCCCCC(=O)OC[C@@H]1COP(=O)(O)O[C@H]2[C@H](O)[C@@H](O)[C@H](O)[C@@H](CC=CCCCC(=O)O1)[C@@H](O)C[C@@H](O)[C@H](/C=C/[C@@H](O)CCCCC)[C@@H](O)[C@H]2OP(=O)(O)O. The van der Waals surface area contributed by atoms with Crippen LogP contribution in [0.4, 0.5) is 0 Å². The number of unbranched alkanes of at least 4 members (excludes halogenated alkanes) is 16. The van der Waals surface area contributed by atoms with Gasteiger partial charge in [-0.15, -0.1) is 0 Å². The van der Waals surface area contributed by atoms with Gasteiger partial charge >= 0.3 is 27.6 Å². The van der Waals surface area contributed by atoms with Gasteiger partial charge in [0.2, 0.25) is 0 Å². The normalized spacial score (nSPS) is 31.2. The van der Waals surface area contributed by atoms with Crippen molar-refractivity contribution < 1.29 is 92.2 Å². The predicted molar refractivity (Wildman–Crippen MR) is 252 cm³/mol. The number of hydrogen-bond donors (Lipinski definition) is 10. The summed E-state index contributed by atoms with van der Waals surface area (Å²) >= 11 is 0. The molecule has 2 bridgehead atoms. The van der Waals surface area contributed by atoms with Crippen LogP contribution in [0.1, 0.15) is 174 Å². The molecule has 0 spiro atoms. The molecule has 2 aliphatic rings. The minimum atomic E-state index is -5.76. The molecule has 68 heavy (non-hydrogen) atoms. The van der Waals surface area contributed by atoms with Crippen LogP contribution in [0.2, 0.25) is 0 Å². The number of cyclic esters (lactones) is 1. The first kappa shape index (κ1) is 62.5. The zero-order valence-electron chi connectivity index (χ0n) is 40.4. The van der Waals surface area contributed by atoms with Gasteiger partial charge in [-0.05, 0) is 32.1 Å². The number of esters is 2. The number of carbonyl (C=O) groups is 2. The number of aliphatic hydroxyl groups excluding tert-OH is 7. The topological polar surface area (TPSA) is 317 Å². The van der Waals surface area contributed by atoms with Gasteiger partial charge in [0.05, 0.1) is 37.1 Å². The molecule has 1 fully saturated rings. The van der Waals surface area contributed by atoms with Crippen molar-refractivity contribution in [3.05, 3.63) is 24.3 Å². The molecule has 1 aliphatic carbocycles. The fourth-order valence-corrected chi connectivity index (χ4v) is 10.1. The van der Waals surface area contributed by atoms with Crippen LogP contribution in [0.25, 0.3) is 0 Å². The molecule has 0 aromatic heterocycles. The van der Waals surface area contributed by atoms with Crippen LogP contribution in [-0.2, 0) is 41.8 Å². The van der Waals surface area contributed by atoms with E-state index in [2.05, 4.69) is 6.92 Å². The Morgan fingerprint density at radius 2 is 1.38 bits per heavy atom. The van der Waals surface area contributed by atoms with E-state index in [9.17, 15) is 69.1 Å². The van der Waals surface area contributed by atoms with Crippen LogP contribution in [0.3, 0.4) is 0 Å². The van der Waals surface area contributed by atoms with Gasteiger partial charge in [-0.3, -0.25) is 23.2 Å². The van der Waals surface area contributed by atoms with E-state index < -0.39 is 120 Å². The van der Waals surface area contributed by atoms with E-state index in [-0.39, 0.29) is 38.5 Å². The molecule has 398 valence electrons. The summed E-state index contributed by atoms with van der Waals surface area (Å²) in [5.74, 6) is -4.49. The second-order valence-electron chi connectivity index (χ2n) is 18.5. The van der Waals surface area contributed by atoms with Gasteiger partial charge < -0.3 is 59.9 Å². The van der Waals surface area contributed by atoms with Gasteiger partial charge in [0.25, 0.3) is 0 Å². The first-order valence-electron chi connectivity index (χ1n) is 25.1. The standard InChI is InChI=1S/C47H86O19P2/c1-3-5-7-8-9-10-11-12-13-14-15-16-17-18-23-27-40(51)62-32-35-33-63-68(60,61)66-47-45(56)44(55)42(53)36(26-22-19-20-24-28-41(52)64-35)38(49)31-39(50)37(30-29-34(48)25-21-6-4-2)43(54)46(47)65-67(57,58)59/h19,22,29-30,34-39,42-50,53-56H,3-18,20-21,23-28,31-33H2,1-2H3,(H,60,61)(H2,57,58,59)/b22-19?,30-29+/t34-,35+,36-,37-,38-,39+,42+,43+,44-,45+,46+,47-/m0/s1. The first-order chi connectivity index (χ1) is 32.3. The zero-order chi connectivity index (χ0) is 50.5. The maximum atomic E-state index is 13.7. The summed E-state index contributed by atoms with van der Waals surface area (Å²) in [6.07, 6.45) is 3.76. The van der Waals surface area contributed by atoms with Crippen molar-refractivity contribution in [2.24, 2.45) is 11.8 Å². The van der Waals surface area contributed by atoms with Crippen LogP contribution >= 0.6 is 15.6 Å².